The van der Waals surface area contributed by atoms with E-state index in [0.29, 0.717) is 24.2 Å². The van der Waals surface area contributed by atoms with Crippen LogP contribution in [0.5, 0.6) is 0 Å². The van der Waals surface area contributed by atoms with Crippen LogP contribution in [0.4, 0.5) is 18.9 Å². The first-order valence-corrected chi connectivity index (χ1v) is 10.8. The highest BCUT2D eigenvalue weighted by Gasteiger charge is 2.31. The lowest BCUT2D eigenvalue weighted by Crippen LogP contribution is -2.21. The molecule has 1 aliphatic heterocycles. The molecule has 4 rings (SSSR count). The van der Waals surface area contributed by atoms with Gasteiger partial charge >= 0.3 is 12.1 Å². The standard InChI is InChI=1S/C23H21F3N2O2S/c1-30-22(29)11-8-16-12-28(20-5-3-2-4-18(16)20)13-21-27-19(14-31-21)15-6-9-17(10-7-15)23(24,25)26/h2-7,9-10,14,16H,8,11-13H2,1H3. The monoisotopic (exact) mass is 446 g/mol. The van der Waals surface area contributed by atoms with Crippen molar-refractivity contribution in [2.75, 3.05) is 18.6 Å². The van der Waals surface area contributed by atoms with Crippen molar-refractivity contribution in [2.45, 2.75) is 31.5 Å². The summed E-state index contributed by atoms with van der Waals surface area (Å²) in [6.07, 6.45) is -3.26. The van der Waals surface area contributed by atoms with Crippen molar-refractivity contribution in [3.8, 4) is 11.3 Å². The Balaban J connectivity index is 1.48. The summed E-state index contributed by atoms with van der Waals surface area (Å²) in [5, 5.41) is 2.76. The van der Waals surface area contributed by atoms with Gasteiger partial charge in [-0.15, -0.1) is 11.3 Å². The largest absolute Gasteiger partial charge is 0.469 e. The van der Waals surface area contributed by atoms with Gasteiger partial charge in [0.05, 0.1) is 24.9 Å². The van der Waals surface area contributed by atoms with Crippen molar-refractivity contribution in [1.29, 1.82) is 0 Å². The fourth-order valence-corrected chi connectivity index (χ4v) is 4.70. The van der Waals surface area contributed by atoms with E-state index in [1.54, 1.807) is 0 Å². The summed E-state index contributed by atoms with van der Waals surface area (Å²) in [6.45, 7) is 1.39. The number of benzene rings is 2. The first-order chi connectivity index (χ1) is 14.8. The number of thiazole rings is 1. The summed E-state index contributed by atoms with van der Waals surface area (Å²) < 4.78 is 43.1. The molecule has 3 aromatic rings. The topological polar surface area (TPSA) is 42.4 Å². The zero-order valence-electron chi connectivity index (χ0n) is 16.9. The molecule has 0 saturated carbocycles. The second-order valence-electron chi connectivity index (χ2n) is 7.45. The van der Waals surface area contributed by atoms with Gasteiger partial charge in [-0.05, 0) is 30.2 Å². The molecule has 0 amide bonds. The first-order valence-electron chi connectivity index (χ1n) is 9.88. The molecule has 0 aliphatic carbocycles. The SMILES string of the molecule is COC(=O)CCC1CN(Cc2nc(-c3ccc(C(F)(F)F)cc3)cs2)c2ccccc21. The number of carbonyl (C=O) groups excluding carboxylic acids is 1. The summed E-state index contributed by atoms with van der Waals surface area (Å²) in [5.41, 5.74) is 3.00. The van der Waals surface area contributed by atoms with E-state index in [4.69, 9.17) is 4.74 Å². The Morgan fingerprint density at radius 3 is 2.65 bits per heavy atom. The van der Waals surface area contributed by atoms with Gasteiger partial charge in [-0.25, -0.2) is 4.98 Å². The van der Waals surface area contributed by atoms with Gasteiger partial charge in [0.15, 0.2) is 0 Å². The Morgan fingerprint density at radius 1 is 1.19 bits per heavy atom. The minimum atomic E-state index is -4.35. The average Bonchev–Trinajstić information content (AvgIpc) is 3.37. The minimum absolute atomic E-state index is 0.211. The maximum atomic E-state index is 12.8. The van der Waals surface area contributed by atoms with Crippen LogP contribution in [0.2, 0.25) is 0 Å². The van der Waals surface area contributed by atoms with Crippen LogP contribution in [-0.2, 0) is 22.3 Å². The number of rotatable bonds is 6. The molecule has 8 heteroatoms. The second kappa shape index (κ2) is 8.70. The van der Waals surface area contributed by atoms with E-state index in [0.717, 1.165) is 35.8 Å². The molecule has 162 valence electrons. The van der Waals surface area contributed by atoms with E-state index in [1.165, 1.54) is 36.1 Å². The van der Waals surface area contributed by atoms with Crippen molar-refractivity contribution in [1.82, 2.24) is 4.98 Å². The number of ether oxygens (including phenoxy) is 1. The number of hydrogen-bond acceptors (Lipinski definition) is 5. The smallest absolute Gasteiger partial charge is 0.416 e. The van der Waals surface area contributed by atoms with Crippen LogP contribution in [-0.4, -0.2) is 24.6 Å². The van der Waals surface area contributed by atoms with Crippen LogP contribution in [0.1, 0.15) is 34.9 Å². The maximum Gasteiger partial charge on any atom is 0.416 e. The van der Waals surface area contributed by atoms with E-state index in [9.17, 15) is 18.0 Å². The van der Waals surface area contributed by atoms with Crippen molar-refractivity contribution in [3.63, 3.8) is 0 Å². The number of para-hydroxylation sites is 1. The van der Waals surface area contributed by atoms with Crippen molar-refractivity contribution < 1.29 is 22.7 Å². The number of aromatic nitrogens is 1. The Labute approximate surface area is 182 Å². The molecule has 0 N–H and O–H groups in total. The van der Waals surface area contributed by atoms with E-state index < -0.39 is 11.7 Å². The molecular weight excluding hydrogens is 425 g/mol. The highest BCUT2D eigenvalue weighted by atomic mass is 32.1. The lowest BCUT2D eigenvalue weighted by atomic mass is 9.96. The Hall–Kier alpha value is -2.87. The number of alkyl halides is 3. The Bertz CT molecular complexity index is 1060. The van der Waals surface area contributed by atoms with E-state index in [-0.39, 0.29) is 11.9 Å². The van der Waals surface area contributed by atoms with Crippen molar-refractivity contribution in [2.24, 2.45) is 0 Å². The van der Waals surface area contributed by atoms with Gasteiger partial charge < -0.3 is 9.64 Å². The third-order valence-electron chi connectivity index (χ3n) is 5.47. The molecule has 2 heterocycles. The summed E-state index contributed by atoms with van der Waals surface area (Å²) in [6, 6.07) is 13.2. The van der Waals surface area contributed by atoms with Crippen molar-refractivity contribution in [3.05, 3.63) is 70.0 Å². The average molecular weight is 446 g/mol. The number of carbonyl (C=O) groups is 1. The van der Waals surface area contributed by atoms with E-state index in [1.807, 2.05) is 17.5 Å². The molecule has 1 atom stereocenters. The first kappa shape index (κ1) is 21.4. The lowest BCUT2D eigenvalue weighted by Gasteiger charge is -2.18. The third kappa shape index (κ3) is 4.74. The lowest BCUT2D eigenvalue weighted by molar-refractivity contribution is -0.141. The molecule has 1 aliphatic rings. The van der Waals surface area contributed by atoms with Crippen molar-refractivity contribution >= 4 is 23.0 Å². The van der Waals surface area contributed by atoms with Gasteiger partial charge in [-0.1, -0.05) is 30.3 Å². The van der Waals surface area contributed by atoms with Gasteiger partial charge in [0, 0.05) is 35.5 Å². The molecule has 0 radical (unpaired) electrons. The molecule has 2 aromatic carbocycles. The molecule has 1 unspecified atom stereocenters. The normalized spacial score (nSPS) is 15.7. The molecule has 0 spiro atoms. The van der Waals surface area contributed by atoms with Crippen LogP contribution >= 0.6 is 11.3 Å². The molecule has 1 aromatic heterocycles. The minimum Gasteiger partial charge on any atom is -0.469 e. The fourth-order valence-electron chi connectivity index (χ4n) is 3.88. The Kier molecular flexibility index (Phi) is 6.00. The number of hydrogen-bond donors (Lipinski definition) is 0. The summed E-state index contributed by atoms with van der Waals surface area (Å²) >= 11 is 1.49. The molecule has 0 bridgehead atoms. The van der Waals surface area contributed by atoms with E-state index >= 15 is 0 Å². The quantitative estimate of drug-likeness (QED) is 0.443. The molecular formula is C23H21F3N2O2S. The number of halogens is 3. The summed E-state index contributed by atoms with van der Waals surface area (Å²) in [5.74, 6) is 0.0293. The van der Waals surface area contributed by atoms with Gasteiger partial charge in [0.1, 0.15) is 5.01 Å². The van der Waals surface area contributed by atoms with Gasteiger partial charge in [0.25, 0.3) is 0 Å². The van der Waals surface area contributed by atoms with E-state index in [2.05, 4.69) is 22.0 Å². The van der Waals surface area contributed by atoms with Crippen LogP contribution in [0.25, 0.3) is 11.3 Å². The summed E-state index contributed by atoms with van der Waals surface area (Å²) in [4.78, 5) is 18.4. The second-order valence-corrected chi connectivity index (χ2v) is 8.40. The molecule has 0 fully saturated rings. The molecule has 0 saturated heterocycles. The van der Waals surface area contributed by atoms with Crippen LogP contribution < -0.4 is 4.90 Å². The van der Waals surface area contributed by atoms with Crippen LogP contribution in [0, 0.1) is 0 Å². The highest BCUT2D eigenvalue weighted by molar-refractivity contribution is 7.10. The number of anilines is 1. The fraction of sp³-hybridized carbons (Fsp3) is 0.304. The summed E-state index contributed by atoms with van der Waals surface area (Å²) in [7, 11) is 1.40. The number of methoxy groups -OCH3 is 1. The van der Waals surface area contributed by atoms with Gasteiger partial charge in [0.2, 0.25) is 0 Å². The zero-order chi connectivity index (χ0) is 22.0. The number of nitrogens with zero attached hydrogens (tertiary/aromatic N) is 2. The van der Waals surface area contributed by atoms with Gasteiger partial charge in [-0.2, -0.15) is 13.2 Å². The predicted octanol–water partition coefficient (Wildman–Crippen LogP) is 5.89. The highest BCUT2D eigenvalue weighted by Crippen LogP contribution is 2.40. The van der Waals surface area contributed by atoms with Crippen LogP contribution in [0.3, 0.4) is 0 Å². The van der Waals surface area contributed by atoms with Crippen LogP contribution in [0.15, 0.2) is 53.9 Å². The number of esters is 1. The van der Waals surface area contributed by atoms with Gasteiger partial charge in [-0.3, -0.25) is 4.79 Å². The zero-order valence-corrected chi connectivity index (χ0v) is 17.7. The molecule has 31 heavy (non-hydrogen) atoms. The number of fused-ring (bicyclic) bond motifs is 1. The Morgan fingerprint density at radius 2 is 1.94 bits per heavy atom. The predicted molar refractivity (Wildman–Crippen MR) is 114 cm³/mol. The third-order valence-corrected chi connectivity index (χ3v) is 6.30. The maximum absolute atomic E-state index is 12.8. The molecule has 4 nitrogen and oxygen atoms in total.